The largest absolute Gasteiger partial charge is 0.439 e. The third-order valence-electron chi connectivity index (χ3n) is 5.55. The van der Waals surface area contributed by atoms with Crippen LogP contribution >= 0.6 is 0 Å². The Balaban J connectivity index is 2.00. The van der Waals surface area contributed by atoms with E-state index in [0.29, 0.717) is 32.1 Å². The lowest BCUT2D eigenvalue weighted by Crippen LogP contribution is -2.36. The zero-order valence-corrected chi connectivity index (χ0v) is 19.8. The summed E-state index contributed by atoms with van der Waals surface area (Å²) >= 11 is 0. The van der Waals surface area contributed by atoms with Crippen molar-refractivity contribution in [2.45, 2.75) is 40.3 Å². The summed E-state index contributed by atoms with van der Waals surface area (Å²) in [5, 5.41) is 15.3. The Hall–Kier alpha value is -2.67. The minimum absolute atomic E-state index is 0.177. The molecule has 2 aromatic carbocycles. The van der Waals surface area contributed by atoms with Crippen molar-refractivity contribution in [2.75, 3.05) is 26.8 Å². The molecule has 1 unspecified atom stereocenters. The Morgan fingerprint density at radius 2 is 1.81 bits per heavy atom. The molecular formula is C26H35N3O3. The summed E-state index contributed by atoms with van der Waals surface area (Å²) in [6.45, 7) is 10.6. The van der Waals surface area contributed by atoms with Crippen LogP contribution in [-0.2, 0) is 11.3 Å². The van der Waals surface area contributed by atoms with Gasteiger partial charge in [-0.1, -0.05) is 44.2 Å². The molecule has 0 bridgehead atoms. The molecular weight excluding hydrogens is 402 g/mol. The Labute approximate surface area is 191 Å². The highest BCUT2D eigenvalue weighted by Crippen LogP contribution is 2.32. The van der Waals surface area contributed by atoms with Crippen LogP contribution < -0.4 is 4.74 Å². The third-order valence-corrected chi connectivity index (χ3v) is 5.55. The van der Waals surface area contributed by atoms with E-state index in [1.807, 2.05) is 87.0 Å². The quantitative estimate of drug-likeness (QED) is 0.469. The second-order valence-electron chi connectivity index (χ2n) is 8.57. The summed E-state index contributed by atoms with van der Waals surface area (Å²) in [5.41, 5.74) is 3.98. The van der Waals surface area contributed by atoms with Crippen molar-refractivity contribution >= 4 is 0 Å². The Morgan fingerprint density at radius 3 is 2.47 bits per heavy atom. The molecule has 172 valence electrons. The molecule has 3 aromatic rings. The fourth-order valence-electron chi connectivity index (χ4n) is 3.51. The maximum atomic E-state index is 10.5. The first-order chi connectivity index (χ1) is 15.4. The van der Waals surface area contributed by atoms with E-state index in [2.05, 4.69) is 4.90 Å². The molecule has 6 heteroatoms. The third kappa shape index (κ3) is 6.19. The first-order valence-corrected chi connectivity index (χ1v) is 11.2. The van der Waals surface area contributed by atoms with Gasteiger partial charge >= 0.3 is 0 Å². The number of benzene rings is 2. The van der Waals surface area contributed by atoms with Crippen LogP contribution in [0.1, 0.15) is 30.7 Å². The van der Waals surface area contributed by atoms with Crippen molar-refractivity contribution in [3.05, 3.63) is 71.4 Å². The van der Waals surface area contributed by atoms with E-state index in [-0.39, 0.29) is 5.92 Å². The number of aliphatic hydroxyl groups excluding tert-OH is 1. The molecule has 1 heterocycles. The number of para-hydroxylation sites is 1. The van der Waals surface area contributed by atoms with Crippen LogP contribution in [0, 0.1) is 19.8 Å². The van der Waals surface area contributed by atoms with Gasteiger partial charge in [0.2, 0.25) is 5.88 Å². The van der Waals surface area contributed by atoms with Gasteiger partial charge in [0.25, 0.3) is 0 Å². The normalized spacial score (nSPS) is 12.5. The predicted molar refractivity (Wildman–Crippen MR) is 128 cm³/mol. The molecule has 0 aliphatic rings. The SMILES string of the molecule is COCCN(Cc1c(C)nn(-c2ccccc2)c1Oc1cccc(C)c1)CC(O)C(C)C. The molecule has 0 fully saturated rings. The van der Waals surface area contributed by atoms with Gasteiger partial charge in [0.15, 0.2) is 0 Å². The molecule has 0 aliphatic heterocycles. The lowest BCUT2D eigenvalue weighted by molar-refractivity contribution is 0.0588. The summed E-state index contributed by atoms with van der Waals surface area (Å²) in [4.78, 5) is 2.20. The van der Waals surface area contributed by atoms with Crippen LogP contribution in [0.4, 0.5) is 0 Å². The average Bonchev–Trinajstić information content (AvgIpc) is 3.07. The number of aryl methyl sites for hydroxylation is 2. The number of hydrogen-bond donors (Lipinski definition) is 1. The second-order valence-corrected chi connectivity index (χ2v) is 8.57. The molecule has 0 amide bonds. The Morgan fingerprint density at radius 1 is 1.06 bits per heavy atom. The summed E-state index contributed by atoms with van der Waals surface area (Å²) in [5.74, 6) is 1.64. The summed E-state index contributed by atoms with van der Waals surface area (Å²) in [7, 11) is 1.70. The van der Waals surface area contributed by atoms with Crippen molar-refractivity contribution in [1.82, 2.24) is 14.7 Å². The smallest absolute Gasteiger partial charge is 0.227 e. The van der Waals surface area contributed by atoms with E-state index in [9.17, 15) is 5.11 Å². The maximum absolute atomic E-state index is 10.5. The molecule has 0 saturated carbocycles. The van der Waals surface area contributed by atoms with Crippen LogP contribution in [0.2, 0.25) is 0 Å². The Bertz CT molecular complexity index is 985. The number of aromatic nitrogens is 2. The Kier molecular flexibility index (Phi) is 8.45. The van der Waals surface area contributed by atoms with Gasteiger partial charge in [-0.2, -0.15) is 5.10 Å². The molecule has 1 atom stereocenters. The topological polar surface area (TPSA) is 59.8 Å². The number of hydrogen-bond acceptors (Lipinski definition) is 5. The van der Waals surface area contributed by atoms with Gasteiger partial charge in [0, 0.05) is 26.7 Å². The highest BCUT2D eigenvalue weighted by atomic mass is 16.5. The number of aliphatic hydroxyl groups is 1. The van der Waals surface area contributed by atoms with Gasteiger partial charge in [0.1, 0.15) is 5.75 Å². The van der Waals surface area contributed by atoms with E-state index in [4.69, 9.17) is 14.6 Å². The van der Waals surface area contributed by atoms with E-state index in [1.54, 1.807) is 7.11 Å². The zero-order valence-electron chi connectivity index (χ0n) is 19.8. The van der Waals surface area contributed by atoms with Gasteiger partial charge < -0.3 is 14.6 Å². The van der Waals surface area contributed by atoms with Gasteiger partial charge in [-0.25, -0.2) is 4.68 Å². The van der Waals surface area contributed by atoms with Crippen molar-refractivity contribution in [3.63, 3.8) is 0 Å². The number of methoxy groups -OCH3 is 1. The molecule has 6 nitrogen and oxygen atoms in total. The van der Waals surface area contributed by atoms with Crippen LogP contribution in [0.5, 0.6) is 11.6 Å². The molecule has 0 saturated heterocycles. The van der Waals surface area contributed by atoms with E-state index in [0.717, 1.165) is 28.3 Å². The fourth-order valence-corrected chi connectivity index (χ4v) is 3.51. The molecule has 0 radical (unpaired) electrons. The highest BCUT2D eigenvalue weighted by molar-refractivity contribution is 5.43. The molecule has 32 heavy (non-hydrogen) atoms. The van der Waals surface area contributed by atoms with Crippen molar-refractivity contribution in [1.29, 1.82) is 0 Å². The van der Waals surface area contributed by atoms with Crippen LogP contribution in [-0.4, -0.2) is 52.7 Å². The fraction of sp³-hybridized carbons (Fsp3) is 0.423. The minimum Gasteiger partial charge on any atom is -0.439 e. The molecule has 0 spiro atoms. The van der Waals surface area contributed by atoms with Crippen molar-refractivity contribution < 1.29 is 14.6 Å². The first-order valence-electron chi connectivity index (χ1n) is 11.2. The van der Waals surface area contributed by atoms with Gasteiger partial charge in [0.05, 0.1) is 29.7 Å². The standard InChI is InChI=1S/C26H35N3O3/c1-19(2)25(30)18-28(14-15-31-5)17-24-21(4)27-29(22-11-7-6-8-12-22)26(24)32-23-13-9-10-20(3)16-23/h6-13,16,19,25,30H,14-15,17-18H2,1-5H3. The zero-order chi connectivity index (χ0) is 23.1. The molecule has 0 aliphatic carbocycles. The van der Waals surface area contributed by atoms with Crippen molar-refractivity contribution in [3.8, 4) is 17.3 Å². The van der Waals surface area contributed by atoms with E-state index >= 15 is 0 Å². The minimum atomic E-state index is -0.419. The monoisotopic (exact) mass is 437 g/mol. The average molecular weight is 438 g/mol. The lowest BCUT2D eigenvalue weighted by atomic mass is 10.1. The molecule has 1 N–H and O–H groups in total. The summed E-state index contributed by atoms with van der Waals surface area (Å²) in [6, 6.07) is 18.0. The second kappa shape index (κ2) is 11.3. The lowest BCUT2D eigenvalue weighted by Gasteiger charge is -2.26. The van der Waals surface area contributed by atoms with Gasteiger partial charge in [-0.3, -0.25) is 4.90 Å². The van der Waals surface area contributed by atoms with Gasteiger partial charge in [-0.05, 0) is 49.6 Å². The van der Waals surface area contributed by atoms with E-state index in [1.165, 1.54) is 0 Å². The maximum Gasteiger partial charge on any atom is 0.227 e. The molecule has 1 aromatic heterocycles. The molecule has 3 rings (SSSR count). The van der Waals surface area contributed by atoms with Crippen LogP contribution in [0.3, 0.4) is 0 Å². The first kappa shape index (κ1) is 24.0. The van der Waals surface area contributed by atoms with Crippen molar-refractivity contribution in [2.24, 2.45) is 5.92 Å². The highest BCUT2D eigenvalue weighted by Gasteiger charge is 2.23. The van der Waals surface area contributed by atoms with Crippen LogP contribution in [0.15, 0.2) is 54.6 Å². The van der Waals surface area contributed by atoms with Crippen LogP contribution in [0.25, 0.3) is 5.69 Å². The summed E-state index contributed by atoms with van der Waals surface area (Å²) in [6.07, 6.45) is -0.419. The van der Waals surface area contributed by atoms with E-state index < -0.39 is 6.10 Å². The summed E-state index contributed by atoms with van der Waals surface area (Å²) < 4.78 is 13.6. The van der Waals surface area contributed by atoms with Gasteiger partial charge in [-0.15, -0.1) is 0 Å². The number of ether oxygens (including phenoxy) is 2. The predicted octanol–water partition coefficient (Wildman–Crippen LogP) is 4.75. The number of nitrogens with zero attached hydrogens (tertiary/aromatic N) is 3. The number of rotatable bonds is 11.